The van der Waals surface area contributed by atoms with E-state index in [0.717, 1.165) is 36.7 Å². The number of alkyl halides is 3. The van der Waals surface area contributed by atoms with E-state index < -0.39 is 12.1 Å². The van der Waals surface area contributed by atoms with Crippen LogP contribution in [-0.2, 0) is 4.79 Å². The van der Waals surface area contributed by atoms with Crippen molar-refractivity contribution in [2.75, 3.05) is 23.3 Å². The van der Waals surface area contributed by atoms with Crippen LogP contribution in [0.15, 0.2) is 23.7 Å². The summed E-state index contributed by atoms with van der Waals surface area (Å²) in [4.78, 5) is 21.5. The lowest BCUT2D eigenvalue weighted by atomic mass is 10.2. The van der Waals surface area contributed by atoms with Gasteiger partial charge >= 0.3 is 12.1 Å². The highest BCUT2D eigenvalue weighted by molar-refractivity contribution is 7.13. The molecule has 1 atom stereocenters. The fourth-order valence-electron chi connectivity index (χ4n) is 2.49. The zero-order valence-corrected chi connectivity index (χ0v) is 13.6. The van der Waals surface area contributed by atoms with E-state index >= 15 is 0 Å². The van der Waals surface area contributed by atoms with Gasteiger partial charge in [-0.15, -0.1) is 11.3 Å². The van der Waals surface area contributed by atoms with Crippen LogP contribution in [0.3, 0.4) is 0 Å². The number of halogens is 3. The summed E-state index contributed by atoms with van der Waals surface area (Å²) in [6, 6.07) is 3.71. The molecule has 2 aromatic heterocycles. The van der Waals surface area contributed by atoms with Gasteiger partial charge in [-0.1, -0.05) is 6.92 Å². The molecule has 3 heterocycles. The molecule has 1 amide bonds. The molecule has 0 saturated carbocycles. The van der Waals surface area contributed by atoms with Gasteiger partial charge in [0.2, 0.25) is 0 Å². The van der Waals surface area contributed by atoms with Gasteiger partial charge in [0.05, 0.1) is 0 Å². The first kappa shape index (κ1) is 16.7. The molecule has 5 nitrogen and oxygen atoms in total. The normalized spacial score (nSPS) is 18.0. The van der Waals surface area contributed by atoms with Crippen LogP contribution >= 0.6 is 11.3 Å². The Morgan fingerprint density at radius 2 is 2.21 bits per heavy atom. The lowest BCUT2D eigenvalue weighted by Crippen LogP contribution is -2.30. The zero-order chi connectivity index (χ0) is 17.3. The SMILES string of the molecule is CC1CCN(c2ccc(-c3nc(NC(=O)C(F)(F)F)cs3)cn2)C1. The third-order valence-electron chi connectivity index (χ3n) is 3.75. The van der Waals surface area contributed by atoms with Crippen molar-refractivity contribution in [1.82, 2.24) is 9.97 Å². The first-order valence-corrected chi connectivity index (χ1v) is 8.26. The predicted molar refractivity (Wildman–Crippen MR) is 86.0 cm³/mol. The number of carbonyl (C=O) groups is 1. The molecular formula is C15H15F3N4OS. The molecule has 0 spiro atoms. The molecule has 1 aliphatic rings. The van der Waals surface area contributed by atoms with Crippen molar-refractivity contribution in [1.29, 1.82) is 0 Å². The zero-order valence-electron chi connectivity index (χ0n) is 12.8. The Morgan fingerprint density at radius 1 is 1.42 bits per heavy atom. The monoisotopic (exact) mass is 356 g/mol. The van der Waals surface area contributed by atoms with Crippen molar-refractivity contribution in [3.05, 3.63) is 23.7 Å². The van der Waals surface area contributed by atoms with Crippen molar-refractivity contribution in [2.45, 2.75) is 19.5 Å². The lowest BCUT2D eigenvalue weighted by Gasteiger charge is -2.16. The summed E-state index contributed by atoms with van der Waals surface area (Å²) in [6.07, 6.45) is -2.15. The van der Waals surface area contributed by atoms with Gasteiger partial charge in [-0.25, -0.2) is 9.97 Å². The van der Waals surface area contributed by atoms with Crippen LogP contribution in [0.25, 0.3) is 10.6 Å². The van der Waals surface area contributed by atoms with E-state index in [-0.39, 0.29) is 5.82 Å². The number of hydrogen-bond acceptors (Lipinski definition) is 5. The van der Waals surface area contributed by atoms with Crippen LogP contribution < -0.4 is 10.2 Å². The van der Waals surface area contributed by atoms with E-state index in [1.54, 1.807) is 11.5 Å². The highest BCUT2D eigenvalue weighted by atomic mass is 32.1. The number of anilines is 2. The molecular weight excluding hydrogens is 341 g/mol. The Balaban J connectivity index is 1.70. The second-order valence-electron chi connectivity index (χ2n) is 5.73. The number of nitrogens with zero attached hydrogens (tertiary/aromatic N) is 3. The molecule has 1 saturated heterocycles. The van der Waals surface area contributed by atoms with Crippen LogP contribution in [0.4, 0.5) is 24.8 Å². The van der Waals surface area contributed by atoms with Gasteiger partial charge in [-0.05, 0) is 24.5 Å². The number of amides is 1. The van der Waals surface area contributed by atoms with Gasteiger partial charge < -0.3 is 10.2 Å². The van der Waals surface area contributed by atoms with Crippen LogP contribution in [0.5, 0.6) is 0 Å². The summed E-state index contributed by atoms with van der Waals surface area (Å²) in [6.45, 7) is 4.14. The summed E-state index contributed by atoms with van der Waals surface area (Å²) in [5.74, 6) is -0.624. The highest BCUT2D eigenvalue weighted by Gasteiger charge is 2.39. The smallest absolute Gasteiger partial charge is 0.356 e. The minimum atomic E-state index is -4.93. The molecule has 128 valence electrons. The van der Waals surface area contributed by atoms with E-state index in [1.165, 1.54) is 5.38 Å². The summed E-state index contributed by atoms with van der Waals surface area (Å²) in [5, 5.41) is 3.61. The maximum absolute atomic E-state index is 12.2. The minimum absolute atomic E-state index is 0.116. The fourth-order valence-corrected chi connectivity index (χ4v) is 3.24. The Kier molecular flexibility index (Phi) is 4.44. The standard InChI is InChI=1S/C15H15F3N4OS/c1-9-4-5-22(7-9)12-3-2-10(6-19-12)13-20-11(8-24-13)21-14(23)15(16,17)18/h2-3,6,8-9H,4-5,7H2,1H3,(H,21,23). The molecule has 1 fully saturated rings. The largest absolute Gasteiger partial charge is 0.471 e. The van der Waals surface area contributed by atoms with Crippen LogP contribution in [0, 0.1) is 5.92 Å². The van der Waals surface area contributed by atoms with Crippen LogP contribution in [0.2, 0.25) is 0 Å². The predicted octanol–water partition coefficient (Wildman–Crippen LogP) is 3.55. The first-order chi connectivity index (χ1) is 11.3. The molecule has 0 radical (unpaired) electrons. The highest BCUT2D eigenvalue weighted by Crippen LogP contribution is 2.28. The Labute approximate surface area is 140 Å². The fraction of sp³-hybridized carbons (Fsp3) is 0.400. The molecule has 0 aliphatic carbocycles. The summed E-state index contributed by atoms with van der Waals surface area (Å²) in [7, 11) is 0. The lowest BCUT2D eigenvalue weighted by molar-refractivity contribution is -0.167. The van der Waals surface area contributed by atoms with Gasteiger partial charge in [0.25, 0.3) is 0 Å². The number of thiazole rings is 1. The van der Waals surface area contributed by atoms with Crippen LogP contribution in [-0.4, -0.2) is 35.1 Å². The topological polar surface area (TPSA) is 58.1 Å². The van der Waals surface area contributed by atoms with E-state index in [4.69, 9.17) is 0 Å². The molecule has 3 rings (SSSR count). The second kappa shape index (κ2) is 6.39. The van der Waals surface area contributed by atoms with E-state index in [1.807, 2.05) is 12.1 Å². The second-order valence-corrected chi connectivity index (χ2v) is 6.59. The van der Waals surface area contributed by atoms with Crippen molar-refractivity contribution >= 4 is 28.9 Å². The van der Waals surface area contributed by atoms with Gasteiger partial charge in [0, 0.05) is 30.2 Å². The van der Waals surface area contributed by atoms with Crippen molar-refractivity contribution < 1.29 is 18.0 Å². The van der Waals surface area contributed by atoms with E-state index in [9.17, 15) is 18.0 Å². The summed E-state index contributed by atoms with van der Waals surface area (Å²) >= 11 is 1.15. The van der Waals surface area contributed by atoms with Crippen molar-refractivity contribution in [2.24, 2.45) is 5.92 Å². The minimum Gasteiger partial charge on any atom is -0.356 e. The average Bonchev–Trinajstić information content (AvgIpc) is 3.16. The molecule has 2 aromatic rings. The Bertz CT molecular complexity index is 729. The van der Waals surface area contributed by atoms with E-state index in [0.29, 0.717) is 16.5 Å². The molecule has 1 aliphatic heterocycles. The molecule has 1 unspecified atom stereocenters. The summed E-state index contributed by atoms with van der Waals surface area (Å²) in [5.41, 5.74) is 0.698. The van der Waals surface area contributed by atoms with Crippen molar-refractivity contribution in [3.8, 4) is 10.6 Å². The van der Waals surface area contributed by atoms with Gasteiger partial charge in [0.1, 0.15) is 16.6 Å². The number of rotatable bonds is 3. The average molecular weight is 356 g/mol. The third-order valence-corrected chi connectivity index (χ3v) is 4.64. The van der Waals surface area contributed by atoms with Crippen molar-refractivity contribution in [3.63, 3.8) is 0 Å². The third kappa shape index (κ3) is 3.66. The molecule has 0 bridgehead atoms. The molecule has 24 heavy (non-hydrogen) atoms. The molecule has 9 heteroatoms. The summed E-state index contributed by atoms with van der Waals surface area (Å²) < 4.78 is 36.7. The number of carbonyl (C=O) groups excluding carboxylic acids is 1. The number of aromatic nitrogens is 2. The number of pyridine rings is 1. The maximum Gasteiger partial charge on any atom is 0.471 e. The van der Waals surface area contributed by atoms with E-state index in [2.05, 4.69) is 21.8 Å². The van der Waals surface area contributed by atoms with Gasteiger partial charge in [-0.3, -0.25) is 4.79 Å². The first-order valence-electron chi connectivity index (χ1n) is 7.38. The Morgan fingerprint density at radius 3 is 2.79 bits per heavy atom. The maximum atomic E-state index is 12.2. The van der Waals surface area contributed by atoms with Crippen LogP contribution in [0.1, 0.15) is 13.3 Å². The quantitative estimate of drug-likeness (QED) is 0.914. The Hall–Kier alpha value is -2.16. The van der Waals surface area contributed by atoms with Gasteiger partial charge in [0.15, 0.2) is 0 Å². The molecule has 1 N–H and O–H groups in total. The van der Waals surface area contributed by atoms with Gasteiger partial charge in [-0.2, -0.15) is 13.2 Å². The number of nitrogens with one attached hydrogen (secondary N) is 1. The molecule has 0 aromatic carbocycles. The number of hydrogen-bond donors (Lipinski definition) is 1.